The molecule has 0 spiro atoms. The quantitative estimate of drug-likeness (QED) is 0.814. The molecular weight excluding hydrogens is 234 g/mol. The van der Waals surface area contributed by atoms with Crippen LogP contribution in [-0.2, 0) is 15.6 Å². The van der Waals surface area contributed by atoms with E-state index in [4.69, 9.17) is 16.9 Å². The van der Waals surface area contributed by atoms with Crippen LogP contribution in [0.3, 0.4) is 0 Å². The molecular formula is C10H10ClNO2S. The molecule has 5 heteroatoms. The molecule has 0 aliphatic carbocycles. The summed E-state index contributed by atoms with van der Waals surface area (Å²) in [6.45, 7) is 0. The summed E-state index contributed by atoms with van der Waals surface area (Å²) in [4.78, 5) is 0. The highest BCUT2D eigenvalue weighted by atomic mass is 35.5. The monoisotopic (exact) mass is 243 g/mol. The van der Waals surface area contributed by atoms with Crippen molar-refractivity contribution in [3.05, 3.63) is 34.9 Å². The summed E-state index contributed by atoms with van der Waals surface area (Å²) >= 11 is 5.83. The Kier molecular flexibility index (Phi) is 4.13. The molecule has 0 saturated heterocycles. The molecule has 0 aliphatic rings. The first-order valence-corrected chi connectivity index (χ1v) is 6.56. The third kappa shape index (κ3) is 3.90. The summed E-state index contributed by atoms with van der Waals surface area (Å²) in [7, 11) is -3.23. The Labute approximate surface area is 94.2 Å². The molecule has 0 heterocycles. The number of halogens is 1. The number of nitrogens with zero attached hydrogens (tertiary/aromatic N) is 1. The second kappa shape index (κ2) is 5.15. The van der Waals surface area contributed by atoms with Crippen molar-refractivity contribution < 1.29 is 8.42 Å². The van der Waals surface area contributed by atoms with Crippen LogP contribution in [0.5, 0.6) is 0 Å². The molecule has 0 atom stereocenters. The number of sulfone groups is 1. The molecule has 80 valence electrons. The van der Waals surface area contributed by atoms with Gasteiger partial charge in [0.15, 0.2) is 9.84 Å². The van der Waals surface area contributed by atoms with Gasteiger partial charge >= 0.3 is 0 Å². The predicted octanol–water partition coefficient (Wildman–Crippen LogP) is 2.17. The summed E-state index contributed by atoms with van der Waals surface area (Å²) in [6.07, 6.45) is 0.0206. The molecule has 1 aromatic carbocycles. The van der Waals surface area contributed by atoms with Crippen molar-refractivity contribution in [2.24, 2.45) is 0 Å². The predicted molar refractivity (Wildman–Crippen MR) is 59.2 cm³/mol. The van der Waals surface area contributed by atoms with Crippen molar-refractivity contribution in [3.8, 4) is 6.07 Å². The van der Waals surface area contributed by atoms with E-state index >= 15 is 0 Å². The van der Waals surface area contributed by atoms with Crippen LogP contribution in [-0.4, -0.2) is 14.2 Å². The van der Waals surface area contributed by atoms with Crippen molar-refractivity contribution in [2.45, 2.75) is 12.2 Å². The van der Waals surface area contributed by atoms with Crippen LogP contribution in [0, 0.1) is 11.3 Å². The van der Waals surface area contributed by atoms with Crippen molar-refractivity contribution in [3.63, 3.8) is 0 Å². The highest BCUT2D eigenvalue weighted by molar-refractivity contribution is 7.90. The number of nitriles is 1. The fourth-order valence-corrected chi connectivity index (χ4v) is 2.68. The summed E-state index contributed by atoms with van der Waals surface area (Å²) in [5, 5.41) is 8.75. The van der Waals surface area contributed by atoms with Gasteiger partial charge in [0, 0.05) is 11.4 Å². The lowest BCUT2D eigenvalue weighted by Crippen LogP contribution is -2.09. The van der Waals surface area contributed by atoms with E-state index in [1.54, 1.807) is 24.3 Å². The molecule has 1 aromatic rings. The first kappa shape index (κ1) is 12.0. The van der Waals surface area contributed by atoms with E-state index < -0.39 is 9.84 Å². The van der Waals surface area contributed by atoms with Gasteiger partial charge in [-0.3, -0.25) is 0 Å². The molecule has 0 N–H and O–H groups in total. The van der Waals surface area contributed by atoms with Gasteiger partial charge in [-0.15, -0.1) is 0 Å². The maximum Gasteiger partial charge on any atom is 0.155 e. The van der Waals surface area contributed by atoms with E-state index in [2.05, 4.69) is 0 Å². The first-order chi connectivity index (χ1) is 7.05. The Morgan fingerprint density at radius 3 is 2.60 bits per heavy atom. The van der Waals surface area contributed by atoms with Gasteiger partial charge in [-0.1, -0.05) is 29.8 Å². The molecule has 0 aromatic heterocycles. The summed E-state index contributed by atoms with van der Waals surface area (Å²) in [6, 6.07) is 8.62. The number of hydrogen-bond donors (Lipinski definition) is 0. The third-order valence-electron chi connectivity index (χ3n) is 1.86. The second-order valence-corrected chi connectivity index (χ2v) is 5.68. The molecule has 0 aliphatic heterocycles. The minimum absolute atomic E-state index is 0.0206. The average Bonchev–Trinajstić information content (AvgIpc) is 2.18. The van der Waals surface area contributed by atoms with Crippen LogP contribution < -0.4 is 0 Å². The van der Waals surface area contributed by atoms with E-state index in [1.165, 1.54) is 0 Å². The fraction of sp³-hybridized carbons (Fsp3) is 0.300. The third-order valence-corrected chi connectivity index (χ3v) is 3.80. The molecule has 0 saturated carbocycles. The topological polar surface area (TPSA) is 57.9 Å². The molecule has 0 unspecified atom stereocenters. The minimum atomic E-state index is -3.23. The van der Waals surface area contributed by atoms with E-state index in [0.717, 1.165) is 0 Å². The SMILES string of the molecule is N#CCCS(=O)(=O)Cc1ccccc1Cl. The Morgan fingerprint density at radius 1 is 1.33 bits per heavy atom. The van der Waals surface area contributed by atoms with Crippen LogP contribution in [0.25, 0.3) is 0 Å². The molecule has 0 fully saturated rings. The van der Waals surface area contributed by atoms with E-state index in [9.17, 15) is 8.42 Å². The van der Waals surface area contributed by atoms with Crippen LogP contribution >= 0.6 is 11.6 Å². The minimum Gasteiger partial charge on any atom is -0.228 e. The van der Waals surface area contributed by atoms with Gasteiger partial charge in [-0.2, -0.15) is 5.26 Å². The Morgan fingerprint density at radius 2 is 2.00 bits per heavy atom. The van der Waals surface area contributed by atoms with Gasteiger partial charge in [0.25, 0.3) is 0 Å². The largest absolute Gasteiger partial charge is 0.228 e. The lowest BCUT2D eigenvalue weighted by Gasteiger charge is -2.03. The normalized spacial score (nSPS) is 10.9. The molecule has 15 heavy (non-hydrogen) atoms. The molecule has 3 nitrogen and oxygen atoms in total. The van der Waals surface area contributed by atoms with Gasteiger partial charge in [0.1, 0.15) is 0 Å². The highest BCUT2D eigenvalue weighted by Crippen LogP contribution is 2.18. The summed E-state index contributed by atoms with van der Waals surface area (Å²) in [5.41, 5.74) is 0.581. The maximum atomic E-state index is 11.5. The van der Waals surface area contributed by atoms with Gasteiger partial charge in [-0.05, 0) is 11.6 Å². The Bertz CT molecular complexity index is 476. The molecule has 0 radical (unpaired) electrons. The van der Waals surface area contributed by atoms with Crippen molar-refractivity contribution >= 4 is 21.4 Å². The lowest BCUT2D eigenvalue weighted by atomic mass is 10.2. The van der Waals surface area contributed by atoms with Crippen LogP contribution in [0.15, 0.2) is 24.3 Å². The number of benzene rings is 1. The van der Waals surface area contributed by atoms with Crippen molar-refractivity contribution in [1.82, 2.24) is 0 Å². The van der Waals surface area contributed by atoms with Gasteiger partial charge < -0.3 is 0 Å². The molecule has 1 rings (SSSR count). The standard InChI is InChI=1S/C10H10ClNO2S/c11-10-5-2-1-4-9(10)8-15(13,14)7-3-6-12/h1-2,4-5H,3,7-8H2. The average molecular weight is 244 g/mol. The highest BCUT2D eigenvalue weighted by Gasteiger charge is 2.13. The lowest BCUT2D eigenvalue weighted by molar-refractivity contribution is 0.595. The summed E-state index contributed by atoms with van der Waals surface area (Å²) < 4.78 is 23.0. The maximum absolute atomic E-state index is 11.5. The molecule has 0 amide bonds. The van der Waals surface area contributed by atoms with Crippen molar-refractivity contribution in [2.75, 3.05) is 5.75 Å². The second-order valence-electron chi connectivity index (χ2n) is 3.09. The number of rotatable bonds is 4. The smallest absolute Gasteiger partial charge is 0.155 e. The van der Waals surface area contributed by atoms with Gasteiger partial charge in [0.2, 0.25) is 0 Å². The first-order valence-electron chi connectivity index (χ1n) is 4.36. The number of hydrogen-bond acceptors (Lipinski definition) is 3. The zero-order valence-electron chi connectivity index (χ0n) is 7.98. The van der Waals surface area contributed by atoms with E-state index in [0.29, 0.717) is 10.6 Å². The van der Waals surface area contributed by atoms with Gasteiger partial charge in [-0.25, -0.2) is 8.42 Å². The fourth-order valence-electron chi connectivity index (χ4n) is 1.13. The van der Waals surface area contributed by atoms with Crippen LogP contribution in [0.2, 0.25) is 5.02 Å². The summed E-state index contributed by atoms with van der Waals surface area (Å²) in [5.74, 6) is -0.219. The zero-order valence-corrected chi connectivity index (χ0v) is 9.55. The Balaban J connectivity index is 2.79. The van der Waals surface area contributed by atoms with Crippen molar-refractivity contribution in [1.29, 1.82) is 5.26 Å². The van der Waals surface area contributed by atoms with Gasteiger partial charge in [0.05, 0.1) is 17.6 Å². The van der Waals surface area contributed by atoms with Crippen LogP contribution in [0.1, 0.15) is 12.0 Å². The van der Waals surface area contributed by atoms with E-state index in [-0.39, 0.29) is 17.9 Å². The Hall–Kier alpha value is -1.05. The molecule has 0 bridgehead atoms. The zero-order chi connectivity index (χ0) is 11.3. The van der Waals surface area contributed by atoms with Crippen LogP contribution in [0.4, 0.5) is 0 Å². The van der Waals surface area contributed by atoms with E-state index in [1.807, 2.05) is 6.07 Å².